The fourth-order valence-electron chi connectivity index (χ4n) is 2.38. The van der Waals surface area contributed by atoms with E-state index >= 15 is 0 Å². The van der Waals surface area contributed by atoms with Crippen molar-refractivity contribution in [2.75, 3.05) is 36.0 Å². The minimum absolute atomic E-state index is 0.500. The maximum Gasteiger partial charge on any atom is 0.134 e. The van der Waals surface area contributed by atoms with E-state index in [-0.39, 0.29) is 0 Å². The number of piperazine rings is 1. The van der Waals surface area contributed by atoms with Crippen LogP contribution in [-0.2, 0) is 0 Å². The number of pyridine rings is 1. The lowest BCUT2D eigenvalue weighted by atomic mass is 10.3. The highest BCUT2D eigenvalue weighted by Crippen LogP contribution is 2.19. The lowest BCUT2D eigenvalue weighted by Gasteiger charge is -2.36. The standard InChI is InChI=1S/C14H16ClN5/c1-11-17-12(15)10-14(18-11)20-8-6-19(7-9-20)13-4-2-3-5-16-13/h2-5,10H,6-9H2,1H3. The van der Waals surface area contributed by atoms with E-state index in [2.05, 4.69) is 24.8 Å². The third-order valence-electron chi connectivity index (χ3n) is 3.37. The highest BCUT2D eigenvalue weighted by Gasteiger charge is 2.19. The Labute approximate surface area is 123 Å². The molecule has 1 aliphatic heterocycles. The molecule has 20 heavy (non-hydrogen) atoms. The fraction of sp³-hybridized carbons (Fsp3) is 0.357. The van der Waals surface area contributed by atoms with Crippen molar-refractivity contribution < 1.29 is 0 Å². The summed E-state index contributed by atoms with van der Waals surface area (Å²) in [6, 6.07) is 7.82. The van der Waals surface area contributed by atoms with Crippen LogP contribution >= 0.6 is 11.6 Å². The van der Waals surface area contributed by atoms with Gasteiger partial charge < -0.3 is 9.80 Å². The number of hydrogen-bond donors (Lipinski definition) is 0. The van der Waals surface area contributed by atoms with Gasteiger partial charge in [0, 0.05) is 38.4 Å². The third kappa shape index (κ3) is 2.82. The average molecular weight is 290 g/mol. The topological polar surface area (TPSA) is 45.2 Å². The zero-order valence-electron chi connectivity index (χ0n) is 11.3. The number of aromatic nitrogens is 3. The Kier molecular flexibility index (Phi) is 3.69. The largest absolute Gasteiger partial charge is 0.353 e. The Morgan fingerprint density at radius 3 is 2.30 bits per heavy atom. The zero-order chi connectivity index (χ0) is 13.9. The van der Waals surface area contributed by atoms with Gasteiger partial charge in [-0.15, -0.1) is 0 Å². The van der Waals surface area contributed by atoms with Gasteiger partial charge in [0.2, 0.25) is 0 Å². The first-order valence-corrected chi connectivity index (χ1v) is 7.02. The highest BCUT2D eigenvalue weighted by molar-refractivity contribution is 6.29. The molecule has 3 rings (SSSR count). The van der Waals surface area contributed by atoms with Crippen molar-refractivity contribution in [3.63, 3.8) is 0 Å². The van der Waals surface area contributed by atoms with Gasteiger partial charge in [-0.2, -0.15) is 0 Å². The van der Waals surface area contributed by atoms with E-state index in [9.17, 15) is 0 Å². The van der Waals surface area contributed by atoms with Crippen LogP contribution in [0.15, 0.2) is 30.5 Å². The summed E-state index contributed by atoms with van der Waals surface area (Å²) in [5, 5.41) is 0.500. The second-order valence-corrected chi connectivity index (χ2v) is 5.15. The lowest BCUT2D eigenvalue weighted by Crippen LogP contribution is -2.47. The van der Waals surface area contributed by atoms with Crippen LogP contribution in [0.5, 0.6) is 0 Å². The van der Waals surface area contributed by atoms with E-state index in [1.54, 1.807) is 0 Å². The summed E-state index contributed by atoms with van der Waals surface area (Å²) in [5.74, 6) is 2.65. The summed E-state index contributed by atoms with van der Waals surface area (Å²) >= 11 is 6.00. The maximum absolute atomic E-state index is 6.00. The van der Waals surface area contributed by atoms with E-state index in [1.165, 1.54) is 0 Å². The fourth-order valence-corrected chi connectivity index (χ4v) is 2.60. The summed E-state index contributed by atoms with van der Waals surface area (Å²) in [6.07, 6.45) is 1.83. The molecule has 6 heteroatoms. The van der Waals surface area contributed by atoms with Gasteiger partial charge in [-0.25, -0.2) is 15.0 Å². The average Bonchev–Trinajstić information content (AvgIpc) is 2.47. The van der Waals surface area contributed by atoms with E-state index < -0.39 is 0 Å². The molecule has 0 amide bonds. The number of hydrogen-bond acceptors (Lipinski definition) is 5. The number of halogens is 1. The van der Waals surface area contributed by atoms with Gasteiger partial charge in [-0.1, -0.05) is 17.7 Å². The van der Waals surface area contributed by atoms with Gasteiger partial charge in [0.25, 0.3) is 0 Å². The van der Waals surface area contributed by atoms with Crippen LogP contribution in [0.25, 0.3) is 0 Å². The number of aryl methyl sites for hydroxylation is 1. The Morgan fingerprint density at radius 2 is 1.70 bits per heavy atom. The molecule has 0 bridgehead atoms. The van der Waals surface area contributed by atoms with E-state index in [0.717, 1.165) is 37.8 Å². The molecule has 1 fully saturated rings. The second kappa shape index (κ2) is 5.63. The predicted octanol–water partition coefficient (Wildman–Crippen LogP) is 2.16. The quantitative estimate of drug-likeness (QED) is 0.793. The molecular weight excluding hydrogens is 274 g/mol. The van der Waals surface area contributed by atoms with Crippen molar-refractivity contribution in [1.29, 1.82) is 0 Å². The van der Waals surface area contributed by atoms with Crippen LogP contribution in [0, 0.1) is 6.92 Å². The molecular formula is C14H16ClN5. The highest BCUT2D eigenvalue weighted by atomic mass is 35.5. The molecule has 0 saturated carbocycles. The van der Waals surface area contributed by atoms with Crippen molar-refractivity contribution >= 4 is 23.2 Å². The minimum Gasteiger partial charge on any atom is -0.353 e. The molecule has 0 aliphatic carbocycles. The van der Waals surface area contributed by atoms with Crippen molar-refractivity contribution in [3.05, 3.63) is 41.4 Å². The lowest BCUT2D eigenvalue weighted by molar-refractivity contribution is 0.640. The van der Waals surface area contributed by atoms with Gasteiger partial charge in [0.05, 0.1) is 0 Å². The zero-order valence-corrected chi connectivity index (χ0v) is 12.1. The Hall–Kier alpha value is -1.88. The first-order chi connectivity index (χ1) is 9.72. The van der Waals surface area contributed by atoms with Crippen LogP contribution in [-0.4, -0.2) is 41.1 Å². The van der Waals surface area contributed by atoms with Gasteiger partial charge in [-0.05, 0) is 19.1 Å². The number of rotatable bonds is 2. The van der Waals surface area contributed by atoms with Crippen LogP contribution in [0.2, 0.25) is 5.15 Å². The molecule has 5 nitrogen and oxygen atoms in total. The van der Waals surface area contributed by atoms with E-state index in [1.807, 2.05) is 37.4 Å². The number of nitrogens with zero attached hydrogens (tertiary/aromatic N) is 5. The van der Waals surface area contributed by atoms with Gasteiger partial charge in [0.15, 0.2) is 0 Å². The molecule has 0 radical (unpaired) electrons. The van der Waals surface area contributed by atoms with Crippen molar-refractivity contribution in [2.45, 2.75) is 6.92 Å². The SMILES string of the molecule is Cc1nc(Cl)cc(N2CCN(c3ccccn3)CC2)n1. The van der Waals surface area contributed by atoms with Gasteiger partial charge in [-0.3, -0.25) is 0 Å². The summed E-state index contributed by atoms with van der Waals surface area (Å²) in [7, 11) is 0. The normalized spacial score (nSPS) is 15.5. The minimum atomic E-state index is 0.500. The van der Waals surface area contributed by atoms with Crippen LogP contribution in [0.3, 0.4) is 0 Å². The van der Waals surface area contributed by atoms with Gasteiger partial charge >= 0.3 is 0 Å². The van der Waals surface area contributed by atoms with Crippen molar-refractivity contribution in [1.82, 2.24) is 15.0 Å². The van der Waals surface area contributed by atoms with E-state index in [4.69, 9.17) is 11.6 Å². The molecule has 0 N–H and O–H groups in total. The van der Waals surface area contributed by atoms with Crippen molar-refractivity contribution in [2.24, 2.45) is 0 Å². The molecule has 1 aliphatic rings. The molecule has 1 saturated heterocycles. The van der Waals surface area contributed by atoms with Gasteiger partial charge in [0.1, 0.15) is 22.6 Å². The summed E-state index contributed by atoms with van der Waals surface area (Å²) in [4.78, 5) is 17.5. The van der Waals surface area contributed by atoms with Crippen LogP contribution < -0.4 is 9.80 Å². The van der Waals surface area contributed by atoms with Crippen LogP contribution in [0.1, 0.15) is 5.82 Å². The Bertz CT molecular complexity index is 561. The van der Waals surface area contributed by atoms with Crippen LogP contribution in [0.4, 0.5) is 11.6 Å². The smallest absolute Gasteiger partial charge is 0.134 e. The third-order valence-corrected chi connectivity index (χ3v) is 3.56. The second-order valence-electron chi connectivity index (χ2n) is 4.76. The maximum atomic E-state index is 6.00. The monoisotopic (exact) mass is 289 g/mol. The summed E-state index contributed by atoms with van der Waals surface area (Å²) in [5.41, 5.74) is 0. The van der Waals surface area contributed by atoms with E-state index in [0.29, 0.717) is 11.0 Å². The summed E-state index contributed by atoms with van der Waals surface area (Å²) < 4.78 is 0. The molecule has 3 heterocycles. The molecule has 0 atom stereocenters. The first-order valence-electron chi connectivity index (χ1n) is 6.64. The molecule has 2 aromatic rings. The first kappa shape index (κ1) is 13.1. The predicted molar refractivity (Wildman–Crippen MR) is 80.4 cm³/mol. The summed E-state index contributed by atoms with van der Waals surface area (Å²) in [6.45, 7) is 5.53. The molecule has 0 aromatic carbocycles. The molecule has 0 spiro atoms. The molecule has 2 aromatic heterocycles. The Morgan fingerprint density at radius 1 is 1.00 bits per heavy atom. The van der Waals surface area contributed by atoms with Crippen molar-refractivity contribution in [3.8, 4) is 0 Å². The Balaban J connectivity index is 1.69. The number of anilines is 2. The molecule has 104 valence electrons. The molecule has 0 unspecified atom stereocenters.